The van der Waals surface area contributed by atoms with Crippen LogP contribution in [0.1, 0.15) is 122 Å². The minimum atomic E-state index is -0.842. The van der Waals surface area contributed by atoms with E-state index in [4.69, 9.17) is 42.6 Å². The highest BCUT2D eigenvalue weighted by atomic mass is 16.5. The number of pyridine rings is 1. The summed E-state index contributed by atoms with van der Waals surface area (Å²) >= 11 is 0. The zero-order valence-corrected chi connectivity index (χ0v) is 84.4. The molecule has 20 aromatic rings. The summed E-state index contributed by atoms with van der Waals surface area (Å²) in [7, 11) is 3.34. The van der Waals surface area contributed by atoms with E-state index in [-0.39, 0.29) is 48.5 Å². The Labute approximate surface area is 835 Å². The van der Waals surface area contributed by atoms with Crippen LogP contribution in [0.25, 0.3) is 139 Å². The molecule has 143 heavy (non-hydrogen) atoms. The van der Waals surface area contributed by atoms with E-state index in [2.05, 4.69) is 171 Å². The molecule has 0 radical (unpaired) electrons. The summed E-state index contributed by atoms with van der Waals surface area (Å²) < 4.78 is 61.4. The molecule has 0 atom stereocenters. The van der Waals surface area contributed by atoms with Crippen LogP contribution in [0.15, 0.2) is 347 Å². The van der Waals surface area contributed by atoms with Crippen molar-refractivity contribution in [3.63, 3.8) is 0 Å². The number of fused-ring (bicyclic) bond motifs is 5. The molecule has 0 aliphatic heterocycles. The molecule has 0 spiro atoms. The van der Waals surface area contributed by atoms with Gasteiger partial charge in [-0.2, -0.15) is 0 Å². The van der Waals surface area contributed by atoms with Crippen molar-refractivity contribution in [1.82, 2.24) is 53.0 Å². The standard InChI is InChI=1S/C26H28N2O3.C25H27N3O2.2C25H26N2O2.C20H16N2O2/c1-17(2)30-21-10-6-19(7-11-21)23-14-25-24(15-26(23)29-5)27-16-28(25)20-8-12-22(13-9-20)31-18(3)4;1-16(2)29-21-10-6-19(7-11-21)23-15-25-24(14-18(23)5)26-27-28(25)20-8-12-22(13-9-20)30-17(3)4;1-17(2)28-22-10-5-19(6-11-22)20-7-14-24-25(15-20)27(16-26-24)21-8-12-23(13-9-21)29-18(3)4;1-17(2)29-22-12-7-19(8-13-22)23-15-26-24-14-9-20(16-27(23)24)18-5-10-21(11-6-18)25(3,4)28;1-24-18-9-5-16(6-10-18)22-13-21-19-11-4-15(12-20(19)22)14-2-7-17(23)8-3-14/h6-18H,1-5H3;6-17H,1-5H3;5-18H,1-4H3;5-17,28H,1-4H3;2-13,23H,1H3. The fourth-order valence-corrected chi connectivity index (χ4v) is 16.6. The van der Waals surface area contributed by atoms with Gasteiger partial charge in [-0.25, -0.2) is 24.6 Å². The van der Waals surface area contributed by atoms with E-state index in [1.165, 1.54) is 0 Å². The molecule has 2 N–H and O–H groups in total. The lowest BCUT2D eigenvalue weighted by atomic mass is 9.96. The monoisotopic (exact) mass is 1910 g/mol. The normalized spacial score (nSPS) is 11.4. The molecule has 0 fully saturated rings. The number of ether oxygens (including phenoxy) is 9. The molecule has 0 amide bonds. The number of methoxy groups -OCH3 is 2. The fraction of sp³-hybridized carbons (Fsp3) is 0.223. The first-order valence-corrected chi connectivity index (χ1v) is 48.4. The zero-order chi connectivity index (χ0) is 101. The van der Waals surface area contributed by atoms with E-state index < -0.39 is 5.60 Å². The van der Waals surface area contributed by atoms with Crippen molar-refractivity contribution in [2.45, 2.75) is 166 Å². The topological polar surface area (TPSA) is 225 Å². The molecule has 20 rings (SSSR count). The molecule has 22 heteroatoms. The van der Waals surface area contributed by atoms with Gasteiger partial charge in [0.25, 0.3) is 0 Å². The molecule has 6 heterocycles. The molecule has 0 bridgehead atoms. The first kappa shape index (κ1) is 99.5. The minimum absolute atomic E-state index is 0.142. The van der Waals surface area contributed by atoms with Crippen molar-refractivity contribution in [1.29, 1.82) is 0 Å². The Balaban J connectivity index is 0.000000129. The lowest BCUT2D eigenvalue weighted by Gasteiger charge is -2.18. The van der Waals surface area contributed by atoms with Gasteiger partial charge in [-0.3, -0.25) is 18.1 Å². The van der Waals surface area contributed by atoms with E-state index in [0.29, 0.717) is 0 Å². The Hall–Kier alpha value is -16.5. The number of phenolic OH excluding ortho intramolecular Hbond substituents is 1. The van der Waals surface area contributed by atoms with Crippen LogP contribution in [-0.4, -0.2) is 120 Å². The second-order valence-electron chi connectivity index (χ2n) is 37.4. The van der Waals surface area contributed by atoms with Gasteiger partial charge >= 0.3 is 0 Å². The number of aromatic hydroxyl groups is 1. The summed E-state index contributed by atoms with van der Waals surface area (Å²) in [5.41, 5.74) is 27.0. The Kier molecular flexibility index (Phi) is 31.2. The number of hydrogen-bond donors (Lipinski definition) is 2. The Bertz CT molecular complexity index is 7610. The largest absolute Gasteiger partial charge is 0.508 e. The van der Waals surface area contributed by atoms with Gasteiger partial charge in [0, 0.05) is 40.5 Å². The van der Waals surface area contributed by atoms with Gasteiger partial charge < -0.3 is 52.8 Å². The number of nitrogens with zero attached hydrogens (tertiary/aromatic N) is 11. The number of aliphatic hydroxyl groups is 1. The maximum Gasteiger partial charge on any atom is 0.137 e. The number of imidazole rings is 4. The molecular formula is C121H123N11O11. The SMILES string of the molecule is CC(C)Oc1ccc(-c2ccc3ncn(-c4ccc(OC(C)C)cc4)c3c2)cc1.CC(C)Oc1ccc(-c2cnc3ccc(-c4ccc(C(C)(C)O)cc4)cn23)cc1.COc1cc2ncn(-c3ccc(OC(C)C)cc3)c2cc1-c1ccc(OC(C)C)cc1.COc1ccc(-n2cnc3ccc(-c4ccc(O)cc4)cc32)cc1.Cc1cc2nnn(-c3ccc(OC(C)C)cc3)c2cc1-c1ccc(OC(C)C)cc1. The third-order valence-corrected chi connectivity index (χ3v) is 23.3. The molecule has 0 saturated heterocycles. The van der Waals surface area contributed by atoms with Crippen LogP contribution in [-0.2, 0) is 5.60 Å². The Morgan fingerprint density at radius 3 is 1.03 bits per heavy atom. The molecule has 14 aromatic carbocycles. The summed E-state index contributed by atoms with van der Waals surface area (Å²) in [4.78, 5) is 18.2. The maximum absolute atomic E-state index is 10.2. The first-order valence-electron chi connectivity index (χ1n) is 48.4. The van der Waals surface area contributed by atoms with Crippen LogP contribution in [0.4, 0.5) is 0 Å². The minimum Gasteiger partial charge on any atom is -0.508 e. The van der Waals surface area contributed by atoms with Crippen LogP contribution < -0.4 is 42.6 Å². The van der Waals surface area contributed by atoms with Gasteiger partial charge in [-0.05, 0) is 403 Å². The highest BCUT2D eigenvalue weighted by Crippen LogP contribution is 2.40. The average molecular weight is 1910 g/mol. The predicted octanol–water partition coefficient (Wildman–Crippen LogP) is 28.6. The molecule has 22 nitrogen and oxygen atoms in total. The van der Waals surface area contributed by atoms with Crippen molar-refractivity contribution in [3.8, 4) is 147 Å². The Morgan fingerprint density at radius 1 is 0.294 bits per heavy atom. The van der Waals surface area contributed by atoms with Crippen LogP contribution in [0, 0.1) is 6.92 Å². The molecule has 0 aliphatic carbocycles. The lowest BCUT2D eigenvalue weighted by Crippen LogP contribution is -2.14. The fourth-order valence-electron chi connectivity index (χ4n) is 16.6. The van der Waals surface area contributed by atoms with Gasteiger partial charge in [-0.15, -0.1) is 5.10 Å². The third-order valence-electron chi connectivity index (χ3n) is 23.3. The van der Waals surface area contributed by atoms with E-state index >= 15 is 0 Å². The van der Waals surface area contributed by atoms with E-state index in [1.807, 2.05) is 321 Å². The number of benzene rings is 14. The van der Waals surface area contributed by atoms with Crippen LogP contribution in [0.3, 0.4) is 0 Å². The number of aromatic nitrogens is 11. The van der Waals surface area contributed by atoms with Crippen molar-refractivity contribution >= 4 is 49.8 Å². The van der Waals surface area contributed by atoms with Gasteiger partial charge in [0.1, 0.15) is 87.6 Å². The average Bonchev–Trinajstić information content (AvgIpc) is 1.66. The zero-order valence-electron chi connectivity index (χ0n) is 84.4. The number of aryl methyl sites for hydroxylation is 1. The number of hydrogen-bond acceptors (Lipinski definition) is 17. The number of rotatable bonds is 27. The van der Waals surface area contributed by atoms with Gasteiger partial charge in [-0.1, -0.05) is 90.1 Å². The van der Waals surface area contributed by atoms with Crippen molar-refractivity contribution < 1.29 is 52.8 Å². The van der Waals surface area contributed by atoms with Crippen LogP contribution in [0.5, 0.6) is 57.5 Å². The maximum atomic E-state index is 10.2. The lowest BCUT2D eigenvalue weighted by molar-refractivity contribution is 0.0786. The van der Waals surface area contributed by atoms with Gasteiger partial charge in [0.15, 0.2) is 0 Å². The summed E-state index contributed by atoms with van der Waals surface area (Å²) in [5.74, 6) is 7.94. The van der Waals surface area contributed by atoms with E-state index in [0.717, 1.165) is 202 Å². The molecule has 728 valence electrons. The number of phenols is 1. The summed E-state index contributed by atoms with van der Waals surface area (Å²) in [6.07, 6.45) is 10.6. The summed E-state index contributed by atoms with van der Waals surface area (Å²) in [6, 6.07) is 105. The highest BCUT2D eigenvalue weighted by Gasteiger charge is 2.21. The quantitative estimate of drug-likeness (QED) is 0.0488. The first-order chi connectivity index (χ1) is 68.9. The second kappa shape index (κ2) is 44.8. The van der Waals surface area contributed by atoms with Gasteiger partial charge in [0.2, 0.25) is 0 Å². The molecule has 0 saturated carbocycles. The van der Waals surface area contributed by atoms with E-state index in [1.54, 1.807) is 40.2 Å². The summed E-state index contributed by atoms with van der Waals surface area (Å²) in [6.45, 7) is 34.0. The smallest absolute Gasteiger partial charge is 0.137 e. The van der Waals surface area contributed by atoms with Crippen LogP contribution in [0.2, 0.25) is 0 Å². The van der Waals surface area contributed by atoms with Crippen molar-refractivity contribution in [2.24, 2.45) is 0 Å². The van der Waals surface area contributed by atoms with E-state index in [9.17, 15) is 10.2 Å². The molecular weight excluding hydrogens is 1780 g/mol. The Morgan fingerprint density at radius 2 is 0.629 bits per heavy atom. The molecule has 0 aliphatic rings. The highest BCUT2D eigenvalue weighted by molar-refractivity contribution is 5.90. The van der Waals surface area contributed by atoms with Crippen molar-refractivity contribution in [2.75, 3.05) is 14.2 Å². The third kappa shape index (κ3) is 24.9. The predicted molar refractivity (Wildman–Crippen MR) is 575 cm³/mol. The van der Waals surface area contributed by atoms with Crippen LogP contribution >= 0.6 is 0 Å². The molecule has 0 unspecified atom stereocenters. The van der Waals surface area contributed by atoms with Crippen molar-refractivity contribution in [3.05, 3.63) is 358 Å². The summed E-state index contributed by atoms with van der Waals surface area (Å²) in [5, 5.41) is 28.4. The molecule has 6 aromatic heterocycles. The second-order valence-corrected chi connectivity index (χ2v) is 37.4. The van der Waals surface area contributed by atoms with Gasteiger partial charge in [0.05, 0.1) is 119 Å².